The normalized spacial score (nSPS) is 34.9. The van der Waals surface area contributed by atoms with Crippen molar-refractivity contribution in [3.63, 3.8) is 0 Å². The van der Waals surface area contributed by atoms with Crippen molar-refractivity contribution in [3.8, 4) is 0 Å². The largest absolute Gasteiger partial charge is 0.376 e. The van der Waals surface area contributed by atoms with E-state index in [1.807, 2.05) is 0 Å². The summed E-state index contributed by atoms with van der Waals surface area (Å²) in [6, 6.07) is 0.679. The minimum atomic E-state index is -0.00274. The van der Waals surface area contributed by atoms with Crippen molar-refractivity contribution in [2.75, 3.05) is 39.3 Å². The molecule has 0 spiro atoms. The molecule has 0 N–H and O–H groups in total. The van der Waals surface area contributed by atoms with E-state index in [0.29, 0.717) is 16.9 Å². The Balaban J connectivity index is 1.82. The maximum Gasteiger partial charge on any atom is 0.0598 e. The molecule has 124 valence electrons. The van der Waals surface area contributed by atoms with Crippen molar-refractivity contribution >= 4 is 0 Å². The van der Waals surface area contributed by atoms with E-state index in [4.69, 9.17) is 4.74 Å². The average Bonchev–Trinajstić information content (AvgIpc) is 2.68. The van der Waals surface area contributed by atoms with Gasteiger partial charge in [0.2, 0.25) is 0 Å². The summed E-state index contributed by atoms with van der Waals surface area (Å²) in [5.41, 5.74) is 0.918. The lowest BCUT2D eigenvalue weighted by atomic mass is 9.71. The molecule has 0 amide bonds. The Kier molecular flexibility index (Phi) is 4.78. The first-order chi connectivity index (χ1) is 9.55. The van der Waals surface area contributed by atoms with Gasteiger partial charge in [-0.25, -0.2) is 0 Å². The van der Waals surface area contributed by atoms with E-state index in [1.54, 1.807) is 0 Å². The van der Waals surface area contributed by atoms with Gasteiger partial charge in [0.1, 0.15) is 0 Å². The number of likely N-dealkylation sites (tertiary alicyclic amines) is 2. The van der Waals surface area contributed by atoms with Crippen molar-refractivity contribution < 1.29 is 4.74 Å². The number of ether oxygens (including phenoxy) is 1. The lowest BCUT2D eigenvalue weighted by Gasteiger charge is -2.31. The Hall–Kier alpha value is -0.120. The Morgan fingerprint density at radius 1 is 1.00 bits per heavy atom. The van der Waals surface area contributed by atoms with Crippen LogP contribution in [0.3, 0.4) is 0 Å². The molecule has 2 heterocycles. The summed E-state index contributed by atoms with van der Waals surface area (Å²) in [6.07, 6.45) is 1.15. The zero-order chi connectivity index (χ0) is 15.9. The van der Waals surface area contributed by atoms with E-state index in [9.17, 15) is 0 Å². The third-order valence-corrected chi connectivity index (χ3v) is 5.59. The number of rotatable bonds is 5. The molecule has 2 fully saturated rings. The van der Waals surface area contributed by atoms with Crippen LogP contribution >= 0.6 is 0 Å². The van der Waals surface area contributed by atoms with Crippen LogP contribution in [-0.4, -0.2) is 60.8 Å². The highest BCUT2D eigenvalue weighted by Gasteiger charge is 2.57. The summed E-state index contributed by atoms with van der Waals surface area (Å²) in [7, 11) is 0. The first-order valence-electron chi connectivity index (χ1n) is 8.65. The van der Waals surface area contributed by atoms with Crippen LogP contribution in [0.5, 0.6) is 0 Å². The molecular weight excluding hydrogens is 260 g/mol. The predicted molar refractivity (Wildman–Crippen MR) is 89.7 cm³/mol. The molecular formula is C18H36N2O. The van der Waals surface area contributed by atoms with Gasteiger partial charge >= 0.3 is 0 Å². The van der Waals surface area contributed by atoms with Gasteiger partial charge in [0.15, 0.2) is 0 Å². The van der Waals surface area contributed by atoms with Gasteiger partial charge in [-0.1, -0.05) is 13.8 Å². The molecule has 2 rings (SSSR count). The number of hydrogen-bond acceptors (Lipinski definition) is 3. The number of nitrogens with zero attached hydrogens (tertiary/aromatic N) is 2. The van der Waals surface area contributed by atoms with Gasteiger partial charge < -0.3 is 9.64 Å². The summed E-state index contributed by atoms with van der Waals surface area (Å²) < 4.78 is 5.85. The van der Waals surface area contributed by atoms with Crippen LogP contribution in [0.4, 0.5) is 0 Å². The third-order valence-electron chi connectivity index (χ3n) is 5.59. The highest BCUT2D eigenvalue weighted by Crippen LogP contribution is 2.51. The van der Waals surface area contributed by atoms with Crippen LogP contribution < -0.4 is 0 Å². The molecule has 0 bridgehead atoms. The quantitative estimate of drug-likeness (QED) is 0.724. The van der Waals surface area contributed by atoms with E-state index >= 15 is 0 Å². The Morgan fingerprint density at radius 2 is 1.52 bits per heavy atom. The van der Waals surface area contributed by atoms with Gasteiger partial charge in [-0.3, -0.25) is 4.90 Å². The van der Waals surface area contributed by atoms with Gasteiger partial charge in [0.25, 0.3) is 0 Å². The van der Waals surface area contributed by atoms with Crippen molar-refractivity contribution in [3.05, 3.63) is 0 Å². The summed E-state index contributed by atoms with van der Waals surface area (Å²) in [4.78, 5) is 5.34. The zero-order valence-corrected chi connectivity index (χ0v) is 15.3. The Morgan fingerprint density at radius 3 is 1.95 bits per heavy atom. The molecule has 0 aliphatic carbocycles. The van der Waals surface area contributed by atoms with Crippen molar-refractivity contribution in [1.29, 1.82) is 0 Å². The van der Waals surface area contributed by atoms with Crippen LogP contribution in [0.25, 0.3) is 0 Å². The lowest BCUT2D eigenvalue weighted by Crippen LogP contribution is -2.36. The SMILES string of the molecule is CC(C)N1C[C@]2(C)CN(CCCOC(C)(C)C)C[C@]2(C)C1. The highest BCUT2D eigenvalue weighted by atomic mass is 16.5. The van der Waals surface area contributed by atoms with E-state index in [1.165, 1.54) is 32.7 Å². The van der Waals surface area contributed by atoms with Crippen LogP contribution in [-0.2, 0) is 4.74 Å². The maximum absolute atomic E-state index is 5.85. The van der Waals surface area contributed by atoms with E-state index < -0.39 is 0 Å². The molecule has 2 aliphatic rings. The summed E-state index contributed by atoms with van der Waals surface area (Å²) in [5.74, 6) is 0. The fourth-order valence-corrected chi connectivity index (χ4v) is 4.05. The topological polar surface area (TPSA) is 15.7 Å². The Bertz CT molecular complexity index is 343. The summed E-state index contributed by atoms with van der Waals surface area (Å²) >= 11 is 0. The molecule has 21 heavy (non-hydrogen) atoms. The number of fused-ring (bicyclic) bond motifs is 1. The molecule has 2 saturated heterocycles. The first kappa shape index (κ1) is 17.2. The fraction of sp³-hybridized carbons (Fsp3) is 1.00. The van der Waals surface area contributed by atoms with Crippen molar-refractivity contribution in [1.82, 2.24) is 9.80 Å². The second kappa shape index (κ2) is 5.82. The monoisotopic (exact) mass is 296 g/mol. The molecule has 0 aromatic heterocycles. The van der Waals surface area contributed by atoms with Gasteiger partial charge in [0.05, 0.1) is 5.60 Å². The molecule has 2 aliphatic heterocycles. The first-order valence-corrected chi connectivity index (χ1v) is 8.65. The van der Waals surface area contributed by atoms with Gasteiger partial charge in [-0.2, -0.15) is 0 Å². The smallest absolute Gasteiger partial charge is 0.0598 e. The summed E-state index contributed by atoms with van der Waals surface area (Å²) in [5, 5.41) is 0. The van der Waals surface area contributed by atoms with E-state index in [2.05, 4.69) is 58.3 Å². The minimum Gasteiger partial charge on any atom is -0.376 e. The zero-order valence-electron chi connectivity index (χ0n) is 15.3. The minimum absolute atomic E-state index is 0.00274. The molecule has 0 aromatic rings. The van der Waals surface area contributed by atoms with Crippen LogP contribution in [0.1, 0.15) is 54.9 Å². The molecule has 2 atom stereocenters. The number of hydrogen-bond donors (Lipinski definition) is 0. The Labute approximate surface area is 132 Å². The van der Waals surface area contributed by atoms with Gasteiger partial charge in [-0.15, -0.1) is 0 Å². The maximum atomic E-state index is 5.85. The molecule has 0 radical (unpaired) electrons. The van der Waals surface area contributed by atoms with E-state index in [0.717, 1.165) is 13.0 Å². The fourth-order valence-electron chi connectivity index (χ4n) is 4.05. The summed E-state index contributed by atoms with van der Waals surface area (Å²) in [6.45, 7) is 23.2. The van der Waals surface area contributed by atoms with Gasteiger partial charge in [-0.05, 0) is 41.0 Å². The van der Waals surface area contributed by atoms with E-state index in [-0.39, 0.29) is 5.60 Å². The molecule has 0 unspecified atom stereocenters. The third kappa shape index (κ3) is 3.80. The molecule has 0 saturated carbocycles. The van der Waals surface area contributed by atoms with Crippen LogP contribution in [0.15, 0.2) is 0 Å². The second-order valence-corrected chi connectivity index (χ2v) is 9.15. The van der Waals surface area contributed by atoms with Crippen molar-refractivity contribution in [2.24, 2.45) is 10.8 Å². The van der Waals surface area contributed by atoms with Crippen molar-refractivity contribution in [2.45, 2.75) is 66.5 Å². The second-order valence-electron chi connectivity index (χ2n) is 9.15. The van der Waals surface area contributed by atoms with Crippen LogP contribution in [0.2, 0.25) is 0 Å². The van der Waals surface area contributed by atoms with Crippen LogP contribution in [0, 0.1) is 10.8 Å². The highest BCUT2D eigenvalue weighted by molar-refractivity contribution is 5.09. The predicted octanol–water partition coefficient (Wildman–Crippen LogP) is 3.24. The standard InChI is InChI=1S/C18H36N2O/c1-15(2)20-13-17(6)11-19(12-18(17,7)14-20)9-8-10-21-16(3,4)5/h15H,8-14H2,1-7H3/t17-,18+. The molecule has 3 heteroatoms. The molecule has 0 aromatic carbocycles. The lowest BCUT2D eigenvalue weighted by molar-refractivity contribution is -0.00682. The van der Waals surface area contributed by atoms with Gasteiger partial charge in [0, 0.05) is 56.2 Å². The molecule has 3 nitrogen and oxygen atoms in total. The average molecular weight is 296 g/mol.